The van der Waals surface area contributed by atoms with Crippen LogP contribution in [0.15, 0.2) is 446 Å². The van der Waals surface area contributed by atoms with Gasteiger partial charge in [0.15, 0.2) is 34.9 Å². The molecule has 0 unspecified atom stereocenters. The summed E-state index contributed by atoms with van der Waals surface area (Å²) in [5.41, 5.74) is 28.7. The van der Waals surface area contributed by atoms with Crippen molar-refractivity contribution >= 4 is 87.5 Å². The fourth-order valence-electron chi connectivity index (χ4n) is 18.0. The number of hydrogen-bond acceptors (Lipinski definition) is 8. The van der Waals surface area contributed by atoms with Crippen LogP contribution >= 0.6 is 0 Å². The van der Waals surface area contributed by atoms with Crippen molar-refractivity contribution in [2.24, 2.45) is 0 Å². The molecule has 10 nitrogen and oxygen atoms in total. The second kappa shape index (κ2) is 30.8. The van der Waals surface area contributed by atoms with Gasteiger partial charge < -0.3 is 18.0 Å². The molecule has 0 N–H and O–H groups in total. The average Bonchev–Trinajstić information content (AvgIpc) is 1.56. The molecule has 0 aliphatic heterocycles. The van der Waals surface area contributed by atoms with E-state index in [-0.39, 0.29) is 0 Å². The monoisotopic (exact) mass is 1580 g/mol. The van der Waals surface area contributed by atoms with Crippen molar-refractivity contribution in [2.45, 2.75) is 0 Å². The minimum Gasteiger partial charge on any atom is -0.456 e. The smallest absolute Gasteiger partial charge is 0.164 e. The first-order valence-electron chi connectivity index (χ1n) is 41.7. The molecule has 0 saturated carbocycles. The van der Waals surface area contributed by atoms with Crippen LogP contribution in [0.1, 0.15) is 0 Å². The number of para-hydroxylation sites is 4. The highest BCUT2D eigenvalue weighted by Gasteiger charge is 2.26. The van der Waals surface area contributed by atoms with Gasteiger partial charge in [0.1, 0.15) is 22.3 Å². The zero-order valence-electron chi connectivity index (χ0n) is 67.0. The van der Waals surface area contributed by atoms with Crippen molar-refractivity contribution in [3.8, 4) is 146 Å². The fraction of sp³-hybridized carbons (Fsp3) is 0. The van der Waals surface area contributed by atoms with Crippen LogP contribution in [0.5, 0.6) is 0 Å². The maximum Gasteiger partial charge on any atom is 0.164 e. The maximum atomic E-state index is 6.79. The summed E-state index contributed by atoms with van der Waals surface area (Å²) >= 11 is 0. The van der Waals surface area contributed by atoms with Crippen LogP contribution in [0, 0.1) is 0 Å². The minimum absolute atomic E-state index is 0.586. The quantitative estimate of drug-likeness (QED) is 0.106. The van der Waals surface area contributed by atoms with Crippen LogP contribution in [0.25, 0.3) is 234 Å². The predicted octanol–water partition coefficient (Wildman–Crippen LogP) is 29.7. The van der Waals surface area contributed by atoms with Gasteiger partial charge in [0.05, 0.1) is 22.1 Å². The molecule has 10 heteroatoms. The van der Waals surface area contributed by atoms with Crippen LogP contribution < -0.4 is 0 Å². The summed E-state index contributed by atoms with van der Waals surface area (Å²) in [4.78, 5) is 31.2. The highest BCUT2D eigenvalue weighted by Crippen LogP contribution is 2.48. The average molecular weight is 1590 g/mol. The van der Waals surface area contributed by atoms with Crippen LogP contribution in [0.2, 0.25) is 0 Å². The van der Waals surface area contributed by atoms with Gasteiger partial charge in [-0.05, 0) is 158 Å². The third kappa shape index (κ3) is 13.0. The van der Waals surface area contributed by atoms with Gasteiger partial charge in [-0.2, -0.15) is 0 Å². The summed E-state index contributed by atoms with van der Waals surface area (Å²) in [6, 6.07) is 153. The van der Waals surface area contributed by atoms with E-state index in [1.54, 1.807) is 0 Å². The third-order valence-electron chi connectivity index (χ3n) is 23.7. The normalized spacial score (nSPS) is 11.5. The molecule has 6 aromatic heterocycles. The lowest BCUT2D eigenvalue weighted by atomic mass is 9.89. The zero-order chi connectivity index (χ0) is 82.0. The number of furan rings is 2. The molecule has 0 aliphatic carbocycles. The van der Waals surface area contributed by atoms with E-state index in [0.717, 1.165) is 188 Å². The lowest BCUT2D eigenvalue weighted by molar-refractivity contribution is 0.669. The molecule has 18 aromatic carbocycles. The van der Waals surface area contributed by atoms with E-state index >= 15 is 0 Å². The minimum atomic E-state index is 0.586. The van der Waals surface area contributed by atoms with Crippen LogP contribution in [-0.4, -0.2) is 39.0 Å². The molecule has 0 aliphatic rings. The van der Waals surface area contributed by atoms with Crippen molar-refractivity contribution in [3.05, 3.63) is 437 Å². The lowest BCUT2D eigenvalue weighted by Gasteiger charge is -2.16. The Labute approximate surface area is 713 Å². The van der Waals surface area contributed by atoms with Crippen LogP contribution in [-0.2, 0) is 0 Å². The highest BCUT2D eigenvalue weighted by atomic mass is 16.3. The third-order valence-corrected chi connectivity index (χ3v) is 23.7. The molecule has 24 aromatic rings. The van der Waals surface area contributed by atoms with Gasteiger partial charge in [-0.3, -0.25) is 0 Å². The van der Waals surface area contributed by atoms with Gasteiger partial charge in [-0.15, -0.1) is 0 Å². The molecule has 580 valence electrons. The summed E-state index contributed by atoms with van der Waals surface area (Å²) in [5, 5.41) is 8.85. The summed E-state index contributed by atoms with van der Waals surface area (Å²) < 4.78 is 18.2. The molecule has 6 heterocycles. The molecule has 0 radical (unpaired) electrons. The van der Waals surface area contributed by atoms with Gasteiger partial charge in [0, 0.05) is 87.8 Å². The molecule has 0 saturated heterocycles. The van der Waals surface area contributed by atoms with E-state index in [1.807, 2.05) is 97.1 Å². The van der Waals surface area contributed by atoms with Gasteiger partial charge >= 0.3 is 0 Å². The Bertz CT molecular complexity index is 8080. The number of nitrogens with zero attached hydrogens (tertiary/aromatic N) is 8. The number of hydrogen-bond donors (Lipinski definition) is 0. The Balaban J connectivity index is 0.000000143. The highest BCUT2D eigenvalue weighted by molar-refractivity contribution is 6.21. The Morgan fingerprint density at radius 3 is 0.919 bits per heavy atom. The second-order valence-electron chi connectivity index (χ2n) is 31.1. The molecule has 24 rings (SSSR count). The summed E-state index contributed by atoms with van der Waals surface area (Å²) in [6.45, 7) is 0. The lowest BCUT2D eigenvalue weighted by Crippen LogP contribution is -2.01. The largest absolute Gasteiger partial charge is 0.456 e. The summed E-state index contributed by atoms with van der Waals surface area (Å²) in [6.07, 6.45) is 0. The number of aromatic nitrogens is 8. The topological polar surface area (TPSA) is 113 Å². The van der Waals surface area contributed by atoms with Gasteiger partial charge in [-0.1, -0.05) is 346 Å². The van der Waals surface area contributed by atoms with Crippen LogP contribution in [0.4, 0.5) is 0 Å². The van der Waals surface area contributed by atoms with Crippen molar-refractivity contribution in [2.75, 3.05) is 0 Å². The maximum absolute atomic E-state index is 6.79. The standard InChI is InChI=1S/2C57H36N4O/c1-5-18-37(19-6-1)42-26-13-14-27-43(42)40-32-33-44(48(34-40)57-59-55(38-20-7-2-8-21-38)58-56(60-57)39-22-9-3-10-23-39)46-29-17-31-52-54(46)49-35-51-47(36-53(49)62-52)45-28-15-16-30-50(45)61(51)41-24-11-4-12-25-41;1-5-17-37(18-6-1)43-25-13-14-26-44(43)40-29-31-45(50(34-40)57-59-55(38-19-7-2-8-20-38)58-56(60-57)39-21-9-3-10-22-39)41-30-32-53-48(33-41)49-35-52-47(36-54(49)62-53)46-27-15-16-28-51(46)61(52)42-23-11-4-12-24-42/h2*1-36H. The van der Waals surface area contributed by atoms with Crippen molar-refractivity contribution in [1.82, 2.24) is 39.0 Å². The summed E-state index contributed by atoms with van der Waals surface area (Å²) in [5.74, 6) is 3.63. The van der Waals surface area contributed by atoms with E-state index in [9.17, 15) is 0 Å². The first-order chi connectivity index (χ1) is 61.5. The van der Waals surface area contributed by atoms with E-state index < -0.39 is 0 Å². The second-order valence-corrected chi connectivity index (χ2v) is 31.1. The molecule has 124 heavy (non-hydrogen) atoms. The molecular formula is C114H72N8O2. The Hall–Kier alpha value is -16.8. The first kappa shape index (κ1) is 72.4. The van der Waals surface area contributed by atoms with Gasteiger partial charge in [0.25, 0.3) is 0 Å². The zero-order valence-corrected chi connectivity index (χ0v) is 67.0. The molecule has 0 atom stereocenters. The van der Waals surface area contributed by atoms with Crippen LogP contribution in [0.3, 0.4) is 0 Å². The predicted molar refractivity (Wildman–Crippen MR) is 508 cm³/mol. The summed E-state index contributed by atoms with van der Waals surface area (Å²) in [7, 11) is 0. The first-order valence-corrected chi connectivity index (χ1v) is 41.7. The fourth-order valence-corrected chi connectivity index (χ4v) is 18.0. The van der Waals surface area contributed by atoms with E-state index in [2.05, 4.69) is 349 Å². The Morgan fingerprint density at radius 2 is 0.468 bits per heavy atom. The molecule has 0 bridgehead atoms. The number of fused-ring (bicyclic) bond motifs is 12. The van der Waals surface area contributed by atoms with Crippen molar-refractivity contribution in [3.63, 3.8) is 0 Å². The number of benzene rings is 18. The van der Waals surface area contributed by atoms with E-state index in [4.69, 9.17) is 38.7 Å². The molecule has 0 amide bonds. The van der Waals surface area contributed by atoms with Crippen molar-refractivity contribution in [1.29, 1.82) is 0 Å². The number of rotatable bonds is 14. The van der Waals surface area contributed by atoms with E-state index in [0.29, 0.717) is 34.9 Å². The molecule has 0 spiro atoms. The molecule has 0 fully saturated rings. The van der Waals surface area contributed by atoms with E-state index in [1.165, 1.54) is 10.8 Å². The Kier molecular flexibility index (Phi) is 18.0. The molecular weight excluding hydrogens is 1510 g/mol. The van der Waals surface area contributed by atoms with Gasteiger partial charge in [0.2, 0.25) is 0 Å². The van der Waals surface area contributed by atoms with Gasteiger partial charge in [-0.25, -0.2) is 29.9 Å². The Morgan fingerprint density at radius 1 is 0.153 bits per heavy atom. The van der Waals surface area contributed by atoms with Crippen molar-refractivity contribution < 1.29 is 8.83 Å². The SMILES string of the molecule is c1ccc(-c2nc(-c3ccccc3)nc(-c3cc(-c4ccccc4-c4ccccc4)ccc3-c3ccc4oc5cc6c7ccccc7n(-c7ccccc7)c6cc5c4c3)n2)cc1.c1ccc(-c2nc(-c3ccccc3)nc(-c3cc(-c4ccccc4-c4ccccc4)ccc3-c3cccc4oc5cc6c7ccccc7n(-c7ccccc7)c6cc5c34)n2)cc1.